The van der Waals surface area contributed by atoms with Gasteiger partial charge in [-0.1, -0.05) is 48.5 Å². The second-order valence-corrected chi connectivity index (χ2v) is 8.16. The topological polar surface area (TPSA) is 49.9 Å². The zero-order chi connectivity index (χ0) is 17.0. The van der Waals surface area contributed by atoms with Gasteiger partial charge in [0.2, 0.25) is 0 Å². The molecule has 0 aliphatic carbocycles. The summed E-state index contributed by atoms with van der Waals surface area (Å²) in [5.41, 5.74) is 8.45. The first-order chi connectivity index (χ1) is 12.2. The van der Waals surface area contributed by atoms with Crippen LogP contribution in [0.25, 0.3) is 30.3 Å². The highest BCUT2D eigenvalue weighted by atomic mass is 32.1. The zero-order valence-corrected chi connectivity index (χ0v) is 14.9. The summed E-state index contributed by atoms with van der Waals surface area (Å²) in [6, 6.07) is 22.8. The zero-order valence-electron chi connectivity index (χ0n) is 13.2. The third-order valence-electron chi connectivity index (χ3n) is 4.53. The van der Waals surface area contributed by atoms with Gasteiger partial charge in [-0.3, -0.25) is 5.41 Å². The second kappa shape index (κ2) is 5.41. The van der Waals surface area contributed by atoms with Gasteiger partial charge in [-0.25, -0.2) is 0 Å². The summed E-state index contributed by atoms with van der Waals surface area (Å²) in [4.78, 5) is 0.849. The molecule has 0 radical (unpaired) electrons. The molecule has 0 spiro atoms. The summed E-state index contributed by atoms with van der Waals surface area (Å²) < 4.78 is 3.62. The number of rotatable bonds is 2. The van der Waals surface area contributed by atoms with E-state index in [1.165, 1.54) is 20.2 Å². The number of nitrogen functional groups attached to an aromatic ring is 1. The average Bonchev–Trinajstić information content (AvgIpc) is 3.19. The lowest BCUT2D eigenvalue weighted by atomic mass is 10.0. The average molecular weight is 358 g/mol. The maximum atomic E-state index is 8.69. The predicted molar refractivity (Wildman–Crippen MR) is 111 cm³/mol. The molecule has 0 unspecified atom stereocenters. The van der Waals surface area contributed by atoms with Gasteiger partial charge in [-0.05, 0) is 18.2 Å². The Labute approximate surface area is 152 Å². The Balaban J connectivity index is 1.67. The number of nitrogens with one attached hydrogen (secondary N) is 1. The van der Waals surface area contributed by atoms with E-state index >= 15 is 0 Å². The van der Waals surface area contributed by atoms with Crippen LogP contribution in [-0.4, -0.2) is 5.71 Å². The maximum absolute atomic E-state index is 8.69. The van der Waals surface area contributed by atoms with Crippen molar-refractivity contribution in [2.45, 2.75) is 0 Å². The summed E-state index contributed by atoms with van der Waals surface area (Å²) in [5.74, 6) is 0. The number of anilines is 1. The molecule has 3 N–H and O–H groups in total. The third kappa shape index (κ3) is 2.18. The summed E-state index contributed by atoms with van der Waals surface area (Å²) in [7, 11) is 0. The Bertz CT molecular complexity index is 1280. The van der Waals surface area contributed by atoms with Crippen LogP contribution >= 0.6 is 22.7 Å². The lowest BCUT2D eigenvalue weighted by molar-refractivity contribution is 1.50. The smallest absolute Gasteiger partial charge is 0.0806 e. The van der Waals surface area contributed by atoms with Crippen molar-refractivity contribution < 1.29 is 0 Å². The van der Waals surface area contributed by atoms with E-state index in [9.17, 15) is 0 Å². The van der Waals surface area contributed by atoms with E-state index in [-0.39, 0.29) is 0 Å². The van der Waals surface area contributed by atoms with E-state index < -0.39 is 0 Å². The Morgan fingerprint density at radius 1 is 0.720 bits per heavy atom. The fourth-order valence-electron chi connectivity index (χ4n) is 3.26. The summed E-state index contributed by atoms with van der Waals surface area (Å²) >= 11 is 3.36. The van der Waals surface area contributed by atoms with Gasteiger partial charge in [0, 0.05) is 35.8 Å². The van der Waals surface area contributed by atoms with Gasteiger partial charge in [-0.15, -0.1) is 22.7 Å². The van der Waals surface area contributed by atoms with Crippen molar-refractivity contribution in [3.05, 3.63) is 77.2 Å². The van der Waals surface area contributed by atoms with Crippen LogP contribution in [0.15, 0.2) is 66.7 Å². The minimum atomic E-state index is 0.498. The van der Waals surface area contributed by atoms with Crippen LogP contribution in [0.2, 0.25) is 0 Å². The fourth-order valence-corrected chi connectivity index (χ4v) is 5.50. The van der Waals surface area contributed by atoms with Crippen molar-refractivity contribution in [3.8, 4) is 0 Å². The van der Waals surface area contributed by atoms with Gasteiger partial charge in [0.15, 0.2) is 0 Å². The molecule has 0 saturated heterocycles. The molecule has 0 bridgehead atoms. The Morgan fingerprint density at radius 2 is 1.36 bits per heavy atom. The van der Waals surface area contributed by atoms with Crippen LogP contribution < -0.4 is 5.73 Å². The molecular formula is C21H14N2S2. The Hall–Kier alpha value is -2.69. The van der Waals surface area contributed by atoms with E-state index in [4.69, 9.17) is 11.1 Å². The summed E-state index contributed by atoms with van der Waals surface area (Å²) in [6.07, 6.45) is 0. The van der Waals surface area contributed by atoms with E-state index in [2.05, 4.69) is 42.5 Å². The van der Waals surface area contributed by atoms with Crippen molar-refractivity contribution in [3.63, 3.8) is 0 Å². The third-order valence-corrected chi connectivity index (χ3v) is 6.87. The quantitative estimate of drug-likeness (QED) is 0.359. The lowest BCUT2D eigenvalue weighted by Gasteiger charge is -2.04. The first kappa shape index (κ1) is 14.6. The Morgan fingerprint density at radius 3 is 2.12 bits per heavy atom. The van der Waals surface area contributed by atoms with Crippen LogP contribution in [0.1, 0.15) is 10.4 Å². The van der Waals surface area contributed by atoms with Gasteiger partial charge in [0.25, 0.3) is 0 Å². The summed E-state index contributed by atoms with van der Waals surface area (Å²) in [5, 5.41) is 12.3. The van der Waals surface area contributed by atoms with Crippen LogP contribution in [0.5, 0.6) is 0 Å². The highest BCUT2D eigenvalue weighted by Gasteiger charge is 2.16. The normalized spacial score (nSPS) is 11.5. The Kier molecular flexibility index (Phi) is 3.17. The molecule has 0 aliphatic rings. The number of hydrogen-bond donors (Lipinski definition) is 2. The SMILES string of the molecule is N=C(c1ccc2c(c1)sc1ccccc12)c1sc2ccccc2c1N. The monoisotopic (exact) mass is 358 g/mol. The molecule has 0 amide bonds. The van der Waals surface area contributed by atoms with Crippen molar-refractivity contribution in [2.24, 2.45) is 0 Å². The number of thiophene rings is 2. The van der Waals surface area contributed by atoms with Crippen LogP contribution in [0, 0.1) is 5.41 Å². The van der Waals surface area contributed by atoms with Gasteiger partial charge in [0.1, 0.15) is 0 Å². The molecule has 3 aromatic carbocycles. The molecule has 2 nitrogen and oxygen atoms in total. The second-order valence-electron chi connectivity index (χ2n) is 6.03. The van der Waals surface area contributed by atoms with Crippen LogP contribution in [0.3, 0.4) is 0 Å². The standard InChI is InChI=1S/C21H14N2S2/c22-19(21-20(23)15-6-2-4-8-17(15)25-21)12-9-10-14-13-5-1-3-7-16(13)24-18(14)11-12/h1-11,22H,23H2. The molecule has 2 aromatic heterocycles. The molecule has 0 aliphatic heterocycles. The van der Waals surface area contributed by atoms with Crippen LogP contribution in [0.4, 0.5) is 5.69 Å². The maximum Gasteiger partial charge on any atom is 0.0806 e. The molecule has 4 heteroatoms. The largest absolute Gasteiger partial charge is 0.397 e. The van der Waals surface area contributed by atoms with Crippen molar-refractivity contribution in [1.29, 1.82) is 5.41 Å². The summed E-state index contributed by atoms with van der Waals surface area (Å²) in [6.45, 7) is 0. The molecule has 0 saturated carbocycles. The van der Waals surface area contributed by atoms with Crippen molar-refractivity contribution in [1.82, 2.24) is 0 Å². The molecule has 2 heterocycles. The molecule has 25 heavy (non-hydrogen) atoms. The number of nitrogens with two attached hydrogens (primary N) is 1. The van der Waals surface area contributed by atoms with E-state index in [0.717, 1.165) is 20.5 Å². The first-order valence-electron chi connectivity index (χ1n) is 8.00. The molecule has 5 rings (SSSR count). The predicted octanol–water partition coefficient (Wildman–Crippen LogP) is 6.27. The molecule has 0 fully saturated rings. The van der Waals surface area contributed by atoms with E-state index in [1.54, 1.807) is 22.7 Å². The molecule has 5 aromatic rings. The van der Waals surface area contributed by atoms with Crippen molar-refractivity contribution in [2.75, 3.05) is 5.73 Å². The highest BCUT2D eigenvalue weighted by molar-refractivity contribution is 7.25. The van der Waals surface area contributed by atoms with Gasteiger partial charge >= 0.3 is 0 Å². The van der Waals surface area contributed by atoms with Gasteiger partial charge in [-0.2, -0.15) is 0 Å². The van der Waals surface area contributed by atoms with Gasteiger partial charge < -0.3 is 5.73 Å². The number of benzene rings is 3. The van der Waals surface area contributed by atoms with Gasteiger partial charge in [0.05, 0.1) is 16.3 Å². The lowest BCUT2D eigenvalue weighted by Crippen LogP contribution is -2.01. The minimum Gasteiger partial charge on any atom is -0.397 e. The number of fused-ring (bicyclic) bond motifs is 4. The minimum absolute atomic E-state index is 0.498. The fraction of sp³-hybridized carbons (Fsp3) is 0. The first-order valence-corrected chi connectivity index (χ1v) is 9.63. The van der Waals surface area contributed by atoms with Crippen LogP contribution in [-0.2, 0) is 0 Å². The molecule has 0 atom stereocenters. The van der Waals surface area contributed by atoms with E-state index in [0.29, 0.717) is 11.4 Å². The van der Waals surface area contributed by atoms with E-state index in [1.807, 2.05) is 24.3 Å². The number of hydrogen-bond acceptors (Lipinski definition) is 4. The van der Waals surface area contributed by atoms with Crippen molar-refractivity contribution >= 4 is 64.3 Å². The molecular weight excluding hydrogens is 344 g/mol. The molecule has 120 valence electrons. The highest BCUT2D eigenvalue weighted by Crippen LogP contribution is 2.37.